The lowest BCUT2D eigenvalue weighted by Crippen LogP contribution is -1.96. The topological polar surface area (TPSA) is 49.7 Å². The van der Waals surface area contributed by atoms with Gasteiger partial charge in [-0.25, -0.2) is 0 Å². The number of phenolic OH excluding ortho intramolecular Hbond substituents is 2. The minimum absolute atomic E-state index is 0.282. The number of hydrogen-bond acceptors (Lipinski definition) is 3. The van der Waals surface area contributed by atoms with E-state index in [0.717, 1.165) is 41.7 Å². The first-order chi connectivity index (χ1) is 9.63. The summed E-state index contributed by atoms with van der Waals surface area (Å²) in [5.74, 6) is 1.31. The van der Waals surface area contributed by atoms with Gasteiger partial charge in [0.25, 0.3) is 0 Å². The lowest BCUT2D eigenvalue weighted by molar-refractivity contribution is 0.399. The third-order valence-corrected chi connectivity index (χ3v) is 3.43. The van der Waals surface area contributed by atoms with Crippen LogP contribution in [-0.4, -0.2) is 17.3 Å². The number of rotatable bonds is 5. The first-order valence-corrected chi connectivity index (χ1v) is 6.80. The van der Waals surface area contributed by atoms with Crippen LogP contribution in [0.25, 0.3) is 0 Å². The highest BCUT2D eigenvalue weighted by molar-refractivity contribution is 5.47. The summed E-state index contributed by atoms with van der Waals surface area (Å²) in [6.45, 7) is 1.99. The molecule has 0 saturated heterocycles. The summed E-state index contributed by atoms with van der Waals surface area (Å²) in [5.41, 5.74) is 2.94. The first-order valence-electron chi connectivity index (χ1n) is 6.80. The van der Waals surface area contributed by atoms with Crippen LogP contribution in [0.3, 0.4) is 0 Å². The number of aryl methyl sites for hydroxylation is 2. The molecule has 0 aliphatic rings. The maximum atomic E-state index is 10.0. The van der Waals surface area contributed by atoms with Gasteiger partial charge in [-0.05, 0) is 54.7 Å². The van der Waals surface area contributed by atoms with Gasteiger partial charge in [-0.2, -0.15) is 0 Å². The smallest absolute Gasteiger partial charge is 0.126 e. The van der Waals surface area contributed by atoms with E-state index in [1.807, 2.05) is 25.1 Å². The molecule has 20 heavy (non-hydrogen) atoms. The Morgan fingerprint density at radius 1 is 1.00 bits per heavy atom. The summed E-state index contributed by atoms with van der Waals surface area (Å²) in [5, 5.41) is 19.5. The van der Waals surface area contributed by atoms with E-state index in [2.05, 4.69) is 0 Å². The molecule has 0 saturated carbocycles. The molecule has 0 spiro atoms. The van der Waals surface area contributed by atoms with Crippen molar-refractivity contribution in [1.29, 1.82) is 0 Å². The van der Waals surface area contributed by atoms with Crippen LogP contribution in [0.1, 0.15) is 23.6 Å². The number of hydrogen-bond donors (Lipinski definition) is 2. The van der Waals surface area contributed by atoms with Crippen molar-refractivity contribution >= 4 is 0 Å². The molecular formula is C17H20O3. The van der Waals surface area contributed by atoms with Gasteiger partial charge in [-0.1, -0.05) is 19.1 Å². The van der Waals surface area contributed by atoms with Crippen LogP contribution in [0.15, 0.2) is 36.4 Å². The van der Waals surface area contributed by atoms with Crippen molar-refractivity contribution in [1.82, 2.24) is 0 Å². The molecule has 0 heterocycles. The molecule has 2 aromatic rings. The Morgan fingerprint density at radius 3 is 2.40 bits per heavy atom. The van der Waals surface area contributed by atoms with Gasteiger partial charge in [0.15, 0.2) is 0 Å². The molecule has 2 N–H and O–H groups in total. The van der Waals surface area contributed by atoms with E-state index in [4.69, 9.17) is 4.74 Å². The van der Waals surface area contributed by atoms with Gasteiger partial charge in [0.1, 0.15) is 17.2 Å². The molecule has 0 unspecified atom stereocenters. The molecule has 106 valence electrons. The quantitative estimate of drug-likeness (QED) is 0.876. The SMILES string of the molecule is CCc1c(O)cc(CCc2cccc(O)c2)cc1OC. The Hall–Kier alpha value is -2.16. The third kappa shape index (κ3) is 3.23. The highest BCUT2D eigenvalue weighted by Crippen LogP contribution is 2.30. The fourth-order valence-corrected chi connectivity index (χ4v) is 2.37. The van der Waals surface area contributed by atoms with E-state index < -0.39 is 0 Å². The summed E-state index contributed by atoms with van der Waals surface area (Å²) in [4.78, 5) is 0. The van der Waals surface area contributed by atoms with Crippen LogP contribution in [-0.2, 0) is 19.3 Å². The number of benzene rings is 2. The Kier molecular flexibility index (Phi) is 4.51. The van der Waals surface area contributed by atoms with E-state index in [0.29, 0.717) is 0 Å². The molecule has 3 nitrogen and oxygen atoms in total. The molecule has 0 aliphatic carbocycles. The van der Waals surface area contributed by atoms with Crippen molar-refractivity contribution < 1.29 is 14.9 Å². The van der Waals surface area contributed by atoms with Gasteiger partial charge in [0, 0.05) is 5.56 Å². The summed E-state index contributed by atoms with van der Waals surface area (Å²) >= 11 is 0. The molecule has 0 atom stereocenters. The minimum Gasteiger partial charge on any atom is -0.508 e. The van der Waals surface area contributed by atoms with Gasteiger partial charge in [-0.3, -0.25) is 0 Å². The number of phenols is 2. The van der Waals surface area contributed by atoms with Gasteiger partial charge in [-0.15, -0.1) is 0 Å². The summed E-state index contributed by atoms with van der Waals surface area (Å²) in [6.07, 6.45) is 2.33. The van der Waals surface area contributed by atoms with Crippen LogP contribution in [0.2, 0.25) is 0 Å². The molecule has 2 aromatic carbocycles. The standard InChI is InChI=1S/C17H20O3/c1-3-15-16(19)10-13(11-17(15)20-2)8-7-12-5-4-6-14(18)9-12/h4-6,9-11,18-19H,3,7-8H2,1-2H3. The van der Waals surface area contributed by atoms with E-state index in [9.17, 15) is 10.2 Å². The van der Waals surface area contributed by atoms with Crippen molar-refractivity contribution in [2.45, 2.75) is 26.2 Å². The Bertz CT molecular complexity index is 591. The summed E-state index contributed by atoms with van der Waals surface area (Å²) in [7, 11) is 1.62. The monoisotopic (exact) mass is 272 g/mol. The number of methoxy groups -OCH3 is 1. The van der Waals surface area contributed by atoms with Gasteiger partial charge in [0.2, 0.25) is 0 Å². The minimum atomic E-state index is 0.282. The average molecular weight is 272 g/mol. The van der Waals surface area contributed by atoms with Crippen molar-refractivity contribution in [3.63, 3.8) is 0 Å². The Balaban J connectivity index is 2.16. The van der Waals surface area contributed by atoms with Crippen molar-refractivity contribution in [3.05, 3.63) is 53.1 Å². The molecule has 0 amide bonds. The summed E-state index contributed by atoms with van der Waals surface area (Å²) in [6, 6.07) is 11.0. The highest BCUT2D eigenvalue weighted by atomic mass is 16.5. The fourth-order valence-electron chi connectivity index (χ4n) is 2.37. The zero-order valence-corrected chi connectivity index (χ0v) is 11.9. The largest absolute Gasteiger partial charge is 0.508 e. The van der Waals surface area contributed by atoms with Crippen LogP contribution in [0.4, 0.5) is 0 Å². The predicted molar refractivity (Wildman–Crippen MR) is 79.6 cm³/mol. The molecule has 0 aliphatic heterocycles. The van der Waals surface area contributed by atoms with E-state index in [-0.39, 0.29) is 11.5 Å². The molecule has 0 bridgehead atoms. The van der Waals surface area contributed by atoms with Crippen molar-refractivity contribution in [3.8, 4) is 17.2 Å². The Labute approximate surface area is 119 Å². The van der Waals surface area contributed by atoms with E-state index in [1.165, 1.54) is 0 Å². The van der Waals surface area contributed by atoms with Crippen LogP contribution < -0.4 is 4.74 Å². The number of ether oxygens (including phenoxy) is 1. The predicted octanol–water partition coefficient (Wildman–Crippen LogP) is 3.45. The molecule has 0 radical (unpaired) electrons. The third-order valence-electron chi connectivity index (χ3n) is 3.43. The van der Waals surface area contributed by atoms with Crippen molar-refractivity contribution in [2.75, 3.05) is 7.11 Å². The van der Waals surface area contributed by atoms with E-state index in [1.54, 1.807) is 25.3 Å². The first kappa shape index (κ1) is 14.3. The zero-order chi connectivity index (χ0) is 14.5. The van der Waals surface area contributed by atoms with Crippen LogP contribution in [0.5, 0.6) is 17.2 Å². The van der Waals surface area contributed by atoms with Crippen LogP contribution >= 0.6 is 0 Å². The van der Waals surface area contributed by atoms with Gasteiger partial charge in [0.05, 0.1) is 7.11 Å². The zero-order valence-electron chi connectivity index (χ0n) is 11.9. The Morgan fingerprint density at radius 2 is 1.75 bits per heavy atom. The maximum absolute atomic E-state index is 10.0. The average Bonchev–Trinajstić information content (AvgIpc) is 2.44. The lowest BCUT2D eigenvalue weighted by Gasteiger charge is -2.12. The second-order valence-electron chi connectivity index (χ2n) is 4.82. The molecule has 0 aromatic heterocycles. The van der Waals surface area contributed by atoms with Gasteiger partial charge < -0.3 is 14.9 Å². The second kappa shape index (κ2) is 6.33. The van der Waals surface area contributed by atoms with Crippen molar-refractivity contribution in [2.24, 2.45) is 0 Å². The molecule has 2 rings (SSSR count). The molecular weight excluding hydrogens is 252 g/mol. The highest BCUT2D eigenvalue weighted by Gasteiger charge is 2.09. The van der Waals surface area contributed by atoms with Gasteiger partial charge >= 0.3 is 0 Å². The van der Waals surface area contributed by atoms with E-state index >= 15 is 0 Å². The van der Waals surface area contributed by atoms with Crippen LogP contribution in [0, 0.1) is 0 Å². The summed E-state index contributed by atoms with van der Waals surface area (Å²) < 4.78 is 5.33. The maximum Gasteiger partial charge on any atom is 0.126 e. The normalized spacial score (nSPS) is 10.5. The lowest BCUT2D eigenvalue weighted by atomic mass is 10.0. The molecule has 3 heteroatoms. The fraction of sp³-hybridized carbons (Fsp3) is 0.294. The second-order valence-corrected chi connectivity index (χ2v) is 4.82. The number of aromatic hydroxyl groups is 2. The molecule has 0 fully saturated rings.